The van der Waals surface area contributed by atoms with E-state index in [2.05, 4.69) is 4.74 Å². The minimum Gasteiger partial charge on any atom is -0.438 e. The molecule has 0 fully saturated rings. The van der Waals surface area contributed by atoms with Crippen molar-refractivity contribution < 1.29 is 18.7 Å². The van der Waals surface area contributed by atoms with Crippen LogP contribution in [0.4, 0.5) is 9.18 Å². The second-order valence-corrected chi connectivity index (χ2v) is 3.16. The van der Waals surface area contributed by atoms with Gasteiger partial charge in [-0.2, -0.15) is 0 Å². The van der Waals surface area contributed by atoms with E-state index in [-0.39, 0.29) is 12.4 Å². The molecular formula is C12H13FO3. The van der Waals surface area contributed by atoms with E-state index in [9.17, 15) is 9.18 Å². The van der Waals surface area contributed by atoms with Crippen LogP contribution in [0.5, 0.6) is 0 Å². The smallest absolute Gasteiger partial charge is 0.438 e. The Bertz CT molecular complexity index is 382. The summed E-state index contributed by atoms with van der Waals surface area (Å²) in [5.41, 5.74) is 1.79. The van der Waals surface area contributed by atoms with Crippen LogP contribution >= 0.6 is 0 Å². The van der Waals surface area contributed by atoms with Gasteiger partial charge >= 0.3 is 6.16 Å². The molecule has 0 amide bonds. The largest absolute Gasteiger partial charge is 0.508 e. The molecule has 0 atom stereocenters. The van der Waals surface area contributed by atoms with Crippen LogP contribution in [0.25, 0.3) is 5.57 Å². The van der Waals surface area contributed by atoms with E-state index in [4.69, 9.17) is 4.74 Å². The Balaban J connectivity index is 2.56. The first-order chi connectivity index (χ1) is 7.63. The lowest BCUT2D eigenvalue weighted by Gasteiger charge is -2.02. The second-order valence-electron chi connectivity index (χ2n) is 3.16. The van der Waals surface area contributed by atoms with E-state index < -0.39 is 6.16 Å². The molecule has 0 unspecified atom stereocenters. The van der Waals surface area contributed by atoms with Crippen molar-refractivity contribution in [2.24, 2.45) is 0 Å². The topological polar surface area (TPSA) is 35.5 Å². The highest BCUT2D eigenvalue weighted by atomic mass is 19.1. The quantitative estimate of drug-likeness (QED) is 0.740. The van der Waals surface area contributed by atoms with Crippen molar-refractivity contribution in [1.82, 2.24) is 0 Å². The summed E-state index contributed by atoms with van der Waals surface area (Å²) in [5.74, 6) is -0.276. The predicted octanol–water partition coefficient (Wildman–Crippen LogP) is 3.01. The molecule has 1 aromatic carbocycles. The molecule has 0 heterocycles. The zero-order chi connectivity index (χ0) is 12.0. The number of benzene rings is 1. The minimum absolute atomic E-state index is 0.135. The predicted molar refractivity (Wildman–Crippen MR) is 58.4 cm³/mol. The van der Waals surface area contributed by atoms with Gasteiger partial charge in [0.25, 0.3) is 0 Å². The van der Waals surface area contributed by atoms with E-state index in [0.29, 0.717) is 0 Å². The van der Waals surface area contributed by atoms with Crippen LogP contribution < -0.4 is 0 Å². The Hall–Kier alpha value is -1.84. The molecule has 0 spiro atoms. The number of carbonyl (C=O) groups is 1. The zero-order valence-corrected chi connectivity index (χ0v) is 9.20. The van der Waals surface area contributed by atoms with E-state index in [1.54, 1.807) is 18.2 Å². The lowest BCUT2D eigenvalue weighted by Crippen LogP contribution is -2.03. The molecule has 0 saturated heterocycles. The number of hydrogen-bond donors (Lipinski definition) is 0. The van der Waals surface area contributed by atoms with Crippen LogP contribution in [-0.4, -0.2) is 19.9 Å². The summed E-state index contributed by atoms with van der Waals surface area (Å²) in [6.07, 6.45) is 1.01. The van der Waals surface area contributed by atoms with Crippen molar-refractivity contribution in [3.05, 3.63) is 41.7 Å². The molecule has 1 rings (SSSR count). The van der Waals surface area contributed by atoms with Gasteiger partial charge < -0.3 is 9.47 Å². The van der Waals surface area contributed by atoms with Gasteiger partial charge in [0.15, 0.2) is 0 Å². The van der Waals surface area contributed by atoms with E-state index in [1.807, 2.05) is 6.92 Å². The molecule has 1 aromatic rings. The fraction of sp³-hybridized carbons (Fsp3) is 0.250. The van der Waals surface area contributed by atoms with Crippen molar-refractivity contribution in [3.8, 4) is 0 Å². The first kappa shape index (κ1) is 12.2. The summed E-state index contributed by atoms with van der Waals surface area (Å²) in [7, 11) is 1.25. The fourth-order valence-electron chi connectivity index (χ4n) is 1.12. The van der Waals surface area contributed by atoms with Crippen LogP contribution in [0.15, 0.2) is 30.3 Å². The van der Waals surface area contributed by atoms with Crippen molar-refractivity contribution in [2.75, 3.05) is 13.7 Å². The summed E-state index contributed by atoms with van der Waals surface area (Å²) in [4.78, 5) is 10.7. The number of allylic oxidation sites excluding steroid dienone is 1. The van der Waals surface area contributed by atoms with Gasteiger partial charge in [0, 0.05) is 0 Å². The standard InChI is InChI=1S/C12H13FO3/c1-9(7-8-16-12(14)15-2)10-3-5-11(13)6-4-10/h3-7H,8H2,1-2H3. The highest BCUT2D eigenvalue weighted by Crippen LogP contribution is 2.13. The Labute approximate surface area is 93.5 Å². The maximum atomic E-state index is 12.6. The third-order valence-corrected chi connectivity index (χ3v) is 2.06. The number of methoxy groups -OCH3 is 1. The molecular weight excluding hydrogens is 211 g/mol. The number of ether oxygens (including phenoxy) is 2. The lowest BCUT2D eigenvalue weighted by atomic mass is 10.1. The Morgan fingerprint density at radius 1 is 1.38 bits per heavy atom. The minimum atomic E-state index is -0.719. The number of halogens is 1. The molecule has 0 radical (unpaired) electrons. The van der Waals surface area contributed by atoms with Gasteiger partial charge in [0.2, 0.25) is 0 Å². The molecule has 0 aliphatic heterocycles. The zero-order valence-electron chi connectivity index (χ0n) is 9.20. The van der Waals surface area contributed by atoms with E-state index >= 15 is 0 Å². The van der Waals surface area contributed by atoms with Crippen LogP contribution in [0, 0.1) is 5.82 Å². The molecule has 0 aromatic heterocycles. The van der Waals surface area contributed by atoms with Crippen molar-refractivity contribution in [1.29, 1.82) is 0 Å². The fourth-order valence-corrected chi connectivity index (χ4v) is 1.12. The third-order valence-electron chi connectivity index (χ3n) is 2.06. The number of rotatable bonds is 3. The molecule has 0 aliphatic rings. The number of hydrogen-bond acceptors (Lipinski definition) is 3. The van der Waals surface area contributed by atoms with Crippen molar-refractivity contribution in [2.45, 2.75) is 6.92 Å². The Morgan fingerprint density at radius 2 is 2.00 bits per heavy atom. The normalized spacial score (nSPS) is 11.1. The molecule has 0 bridgehead atoms. The van der Waals surface area contributed by atoms with E-state index in [1.165, 1.54) is 19.2 Å². The van der Waals surface area contributed by atoms with Crippen LogP contribution in [-0.2, 0) is 9.47 Å². The average molecular weight is 224 g/mol. The Kier molecular flexibility index (Phi) is 4.51. The summed E-state index contributed by atoms with van der Waals surface area (Å²) < 4.78 is 21.7. The molecule has 0 aliphatic carbocycles. The highest BCUT2D eigenvalue weighted by molar-refractivity contribution is 5.64. The molecule has 0 N–H and O–H groups in total. The van der Waals surface area contributed by atoms with Gasteiger partial charge in [-0.05, 0) is 36.3 Å². The van der Waals surface area contributed by atoms with Gasteiger partial charge in [-0.3, -0.25) is 0 Å². The first-order valence-electron chi connectivity index (χ1n) is 4.77. The maximum absolute atomic E-state index is 12.6. The Morgan fingerprint density at radius 3 is 2.56 bits per heavy atom. The maximum Gasteiger partial charge on any atom is 0.508 e. The van der Waals surface area contributed by atoms with Gasteiger partial charge in [0.05, 0.1) is 7.11 Å². The molecule has 3 nitrogen and oxygen atoms in total. The monoisotopic (exact) mass is 224 g/mol. The van der Waals surface area contributed by atoms with Crippen molar-refractivity contribution >= 4 is 11.7 Å². The first-order valence-corrected chi connectivity index (χ1v) is 4.77. The highest BCUT2D eigenvalue weighted by Gasteiger charge is 1.99. The van der Waals surface area contributed by atoms with Gasteiger partial charge in [-0.1, -0.05) is 12.1 Å². The van der Waals surface area contributed by atoms with Crippen LogP contribution in [0.2, 0.25) is 0 Å². The van der Waals surface area contributed by atoms with Gasteiger partial charge in [-0.25, -0.2) is 9.18 Å². The van der Waals surface area contributed by atoms with Gasteiger partial charge in [0.1, 0.15) is 12.4 Å². The summed E-state index contributed by atoms with van der Waals surface area (Å²) in [6.45, 7) is 1.99. The molecule has 16 heavy (non-hydrogen) atoms. The van der Waals surface area contributed by atoms with Crippen LogP contribution in [0.1, 0.15) is 12.5 Å². The SMILES string of the molecule is COC(=O)OCC=C(C)c1ccc(F)cc1. The lowest BCUT2D eigenvalue weighted by molar-refractivity contribution is 0.0819. The van der Waals surface area contributed by atoms with E-state index in [0.717, 1.165) is 11.1 Å². The molecule has 86 valence electrons. The summed E-state index contributed by atoms with van der Waals surface area (Å²) >= 11 is 0. The van der Waals surface area contributed by atoms with Crippen molar-refractivity contribution in [3.63, 3.8) is 0 Å². The molecule has 4 heteroatoms. The summed E-state index contributed by atoms with van der Waals surface area (Å²) in [5, 5.41) is 0. The average Bonchev–Trinajstić information content (AvgIpc) is 2.29. The van der Waals surface area contributed by atoms with Gasteiger partial charge in [-0.15, -0.1) is 0 Å². The third kappa shape index (κ3) is 3.73. The molecule has 0 saturated carbocycles. The summed E-state index contributed by atoms with van der Waals surface area (Å²) in [6, 6.07) is 6.10. The number of carbonyl (C=O) groups excluding carboxylic acids is 1. The second kappa shape index (κ2) is 5.90. The van der Waals surface area contributed by atoms with Crippen LogP contribution in [0.3, 0.4) is 0 Å².